The summed E-state index contributed by atoms with van der Waals surface area (Å²) in [6, 6.07) is 4.39. The molecule has 2 aliphatic rings. The molecule has 326 valence electrons. The number of hydrogen-bond acceptors (Lipinski definition) is 13. The van der Waals surface area contributed by atoms with Crippen molar-refractivity contribution in [2.45, 2.75) is 95.7 Å². The highest BCUT2D eigenvalue weighted by Gasteiger charge is 2.52. The maximum absolute atomic E-state index is 14.6. The van der Waals surface area contributed by atoms with Crippen molar-refractivity contribution in [3.05, 3.63) is 64.7 Å². The minimum absolute atomic E-state index is 0.0868. The maximum atomic E-state index is 14.6. The van der Waals surface area contributed by atoms with E-state index in [9.17, 15) is 47.1 Å². The molecular formula is C38H49F2N9O11. The average molecular weight is 846 g/mol. The summed E-state index contributed by atoms with van der Waals surface area (Å²) in [6.07, 6.45) is 0.170. The van der Waals surface area contributed by atoms with Crippen molar-refractivity contribution in [1.29, 1.82) is 0 Å². The van der Waals surface area contributed by atoms with Crippen LogP contribution in [0, 0.1) is 5.92 Å². The van der Waals surface area contributed by atoms with Crippen molar-refractivity contribution in [1.82, 2.24) is 30.4 Å². The zero-order valence-corrected chi connectivity index (χ0v) is 33.0. The number of nitrogens with two attached hydrogens (primary N) is 2. The van der Waals surface area contributed by atoms with Crippen LogP contribution in [0.15, 0.2) is 53.5 Å². The molecule has 4 rings (SSSR count). The smallest absolute Gasteiger partial charge is 0.432 e. The Hall–Kier alpha value is -6.45. The van der Waals surface area contributed by atoms with Crippen LogP contribution in [0.25, 0.3) is 0 Å². The van der Waals surface area contributed by atoms with Gasteiger partial charge in [-0.15, -0.1) is 0 Å². The molecule has 4 atom stereocenters. The quantitative estimate of drug-likeness (QED) is 0.0592. The molecule has 8 N–H and O–H groups in total. The zero-order chi connectivity index (χ0) is 44.0. The number of anilines is 2. The lowest BCUT2D eigenvalue weighted by molar-refractivity contribution is -0.137. The van der Waals surface area contributed by atoms with Gasteiger partial charge in [0.25, 0.3) is 17.7 Å². The summed E-state index contributed by atoms with van der Waals surface area (Å²) in [5.74, 6) is -6.33. The van der Waals surface area contributed by atoms with Crippen LogP contribution < -0.4 is 38.4 Å². The third kappa shape index (κ3) is 13.8. The van der Waals surface area contributed by atoms with Crippen LogP contribution in [-0.2, 0) is 44.8 Å². The van der Waals surface area contributed by atoms with Crippen LogP contribution in [0.1, 0.15) is 70.6 Å². The summed E-state index contributed by atoms with van der Waals surface area (Å²) in [6.45, 7) is 2.95. The number of alkyl halides is 2. The fourth-order valence-electron chi connectivity index (χ4n) is 6.18. The lowest BCUT2D eigenvalue weighted by Gasteiger charge is -2.25. The van der Waals surface area contributed by atoms with Gasteiger partial charge in [0, 0.05) is 50.0 Å². The van der Waals surface area contributed by atoms with Crippen LogP contribution in [0.5, 0.6) is 0 Å². The van der Waals surface area contributed by atoms with Gasteiger partial charge < -0.3 is 46.9 Å². The molecule has 7 amide bonds. The highest BCUT2D eigenvalue weighted by molar-refractivity contribution is 6.12. The van der Waals surface area contributed by atoms with Crippen molar-refractivity contribution in [2.75, 3.05) is 30.7 Å². The Morgan fingerprint density at radius 2 is 1.65 bits per heavy atom. The van der Waals surface area contributed by atoms with Crippen molar-refractivity contribution in [3.63, 3.8) is 0 Å². The first kappa shape index (κ1) is 46.2. The Morgan fingerprint density at radius 1 is 0.950 bits per heavy atom. The van der Waals surface area contributed by atoms with E-state index in [2.05, 4.69) is 26.3 Å². The van der Waals surface area contributed by atoms with Crippen LogP contribution in [-0.4, -0.2) is 100.0 Å². The number of benzene rings is 1. The van der Waals surface area contributed by atoms with E-state index in [1.54, 1.807) is 13.8 Å². The number of nitrogens with one attached hydrogen (secondary N) is 4. The normalized spacial score (nSPS) is 17.9. The molecule has 1 fully saturated rings. The number of nitrogen functional groups attached to an aromatic ring is 1. The molecule has 1 saturated heterocycles. The molecule has 0 radical (unpaired) electrons. The van der Waals surface area contributed by atoms with Crippen LogP contribution in [0.2, 0.25) is 0 Å². The Labute approximate surface area is 342 Å². The van der Waals surface area contributed by atoms with Gasteiger partial charge in [-0.2, -0.15) is 4.98 Å². The second kappa shape index (κ2) is 21.5. The van der Waals surface area contributed by atoms with Gasteiger partial charge in [-0.3, -0.25) is 33.4 Å². The first-order chi connectivity index (χ1) is 28.4. The molecule has 20 nitrogen and oxygen atoms in total. The molecule has 0 aliphatic carbocycles. The van der Waals surface area contributed by atoms with Crippen molar-refractivity contribution in [2.24, 2.45) is 11.7 Å². The number of imide groups is 1. The van der Waals surface area contributed by atoms with Crippen LogP contribution >= 0.6 is 0 Å². The number of hydrogen-bond donors (Lipinski definition) is 6. The van der Waals surface area contributed by atoms with E-state index in [-0.39, 0.29) is 62.5 Å². The second-order valence-corrected chi connectivity index (χ2v) is 14.4. The molecule has 2 aliphatic heterocycles. The number of primary amides is 1. The van der Waals surface area contributed by atoms with Gasteiger partial charge in [0.1, 0.15) is 37.2 Å². The summed E-state index contributed by atoms with van der Waals surface area (Å²) in [5, 5.41) is 10.5. The van der Waals surface area contributed by atoms with E-state index in [1.165, 1.54) is 42.5 Å². The molecule has 60 heavy (non-hydrogen) atoms. The molecular weight excluding hydrogens is 796 g/mol. The number of carbonyl (C=O) groups is 7. The molecule has 1 aromatic heterocycles. The van der Waals surface area contributed by atoms with E-state index in [1.807, 2.05) is 0 Å². The second-order valence-electron chi connectivity index (χ2n) is 14.4. The Balaban J connectivity index is 1.24. The van der Waals surface area contributed by atoms with Gasteiger partial charge in [0.15, 0.2) is 0 Å². The molecule has 0 bridgehead atoms. The van der Waals surface area contributed by atoms with Crippen molar-refractivity contribution < 1.29 is 56.6 Å². The SMILES string of the molecule is CC(C)C(NC(=O)CCCCCN1C(=O)C=CC1=O)C(=O)N[C@@H](CCCNC(N)=O)C(=O)Nc1ccc(COC(=O)OC[C@@H]2CC(F)(F)[C@H](n3ccc(N)nc3=O)O2)cc1. The third-order valence-corrected chi connectivity index (χ3v) is 9.31. The standard InChI is InChI=1S/C38H49F2N9O11/c1-22(2)31(47-28(50)8-4-3-5-17-48-29(51)13-14-30(48)52)33(54)45-26(7-6-16-43-35(42)55)32(53)44-24-11-9-23(10-12-24)20-58-37(57)59-21-25-19-38(39,40)34(60-25)49-18-15-27(41)46-36(49)56/h9-15,18,22,25-26,31,34H,3-8,16-17,19-21H2,1-2H3,(H,44,53)(H,45,54)(H,47,50)(H2,41,46,56)(H3,42,43,55)/t25-,26-,31?,34+/m0/s1. The monoisotopic (exact) mass is 845 g/mol. The first-order valence-corrected chi connectivity index (χ1v) is 19.2. The van der Waals surface area contributed by atoms with Gasteiger partial charge in [0.05, 0.1) is 0 Å². The number of urea groups is 1. The number of halogens is 2. The predicted octanol–water partition coefficient (Wildman–Crippen LogP) is 1.60. The van der Waals surface area contributed by atoms with Gasteiger partial charge >= 0.3 is 17.9 Å². The number of ether oxygens (including phenoxy) is 3. The maximum Gasteiger partial charge on any atom is 0.508 e. The van der Waals surface area contributed by atoms with Crippen LogP contribution in [0.3, 0.4) is 0 Å². The molecule has 3 heterocycles. The lowest BCUT2D eigenvalue weighted by Crippen LogP contribution is -2.54. The molecule has 1 aromatic carbocycles. The summed E-state index contributed by atoms with van der Waals surface area (Å²) >= 11 is 0. The van der Waals surface area contributed by atoms with E-state index in [0.29, 0.717) is 35.1 Å². The molecule has 22 heteroatoms. The number of carbonyl (C=O) groups excluding carboxylic acids is 7. The van der Waals surface area contributed by atoms with Gasteiger partial charge in [-0.1, -0.05) is 32.4 Å². The molecule has 0 spiro atoms. The molecule has 1 unspecified atom stereocenters. The number of aromatic nitrogens is 2. The Bertz CT molecular complexity index is 1960. The fraction of sp³-hybridized carbons (Fsp3) is 0.500. The fourth-order valence-corrected chi connectivity index (χ4v) is 6.18. The van der Waals surface area contributed by atoms with Crippen molar-refractivity contribution >= 4 is 53.2 Å². The van der Waals surface area contributed by atoms with Crippen LogP contribution in [0.4, 0.5) is 29.9 Å². The molecule has 0 saturated carbocycles. The summed E-state index contributed by atoms with van der Waals surface area (Å²) in [4.78, 5) is 103. The number of rotatable bonds is 21. The highest BCUT2D eigenvalue weighted by atomic mass is 19.3. The average Bonchev–Trinajstić information content (AvgIpc) is 3.67. The highest BCUT2D eigenvalue weighted by Crippen LogP contribution is 2.42. The largest absolute Gasteiger partial charge is 0.508 e. The topological polar surface area (TPSA) is 285 Å². The first-order valence-electron chi connectivity index (χ1n) is 19.2. The predicted molar refractivity (Wildman–Crippen MR) is 207 cm³/mol. The summed E-state index contributed by atoms with van der Waals surface area (Å²) in [5.41, 5.74) is 10.3. The third-order valence-electron chi connectivity index (χ3n) is 9.31. The number of amides is 7. The zero-order valence-electron chi connectivity index (χ0n) is 33.0. The minimum Gasteiger partial charge on any atom is -0.432 e. The van der Waals surface area contributed by atoms with Gasteiger partial charge in [-0.05, 0) is 55.4 Å². The van der Waals surface area contributed by atoms with E-state index < -0.39 is 79.0 Å². The number of nitrogens with zero attached hydrogens (tertiary/aromatic N) is 3. The van der Waals surface area contributed by atoms with Gasteiger partial charge in [0.2, 0.25) is 23.9 Å². The number of unbranched alkanes of at least 4 members (excludes halogenated alkanes) is 2. The Kier molecular flexibility index (Phi) is 16.6. The summed E-state index contributed by atoms with van der Waals surface area (Å²) in [7, 11) is 0. The summed E-state index contributed by atoms with van der Waals surface area (Å²) < 4.78 is 45.2. The van der Waals surface area contributed by atoms with E-state index >= 15 is 0 Å². The minimum atomic E-state index is -3.47. The van der Waals surface area contributed by atoms with Crippen molar-refractivity contribution in [3.8, 4) is 0 Å². The molecule has 2 aromatic rings. The Morgan fingerprint density at radius 3 is 2.30 bits per heavy atom. The van der Waals surface area contributed by atoms with E-state index in [4.69, 9.17) is 25.7 Å². The van der Waals surface area contributed by atoms with E-state index in [0.717, 1.165) is 11.1 Å². The lowest BCUT2D eigenvalue weighted by atomic mass is 10.0. The van der Waals surface area contributed by atoms with Gasteiger partial charge in [-0.25, -0.2) is 23.2 Å².